The molecule has 1 fully saturated rings. The Bertz CT molecular complexity index is 1020. The first kappa shape index (κ1) is 18.9. The minimum atomic E-state index is -0.192. The number of carbonyl (C=O) groups excluding carboxylic acids is 1. The SMILES string of the molecule is CC(=O)c1cccc(Nc2cc(N3CCN(c4ccccc4F)CC3)ncn2)c1. The summed E-state index contributed by atoms with van der Waals surface area (Å²) in [4.78, 5) is 24.5. The Kier molecular flexibility index (Phi) is 5.37. The highest BCUT2D eigenvalue weighted by atomic mass is 19.1. The van der Waals surface area contributed by atoms with Gasteiger partial charge in [0.25, 0.3) is 0 Å². The van der Waals surface area contributed by atoms with E-state index < -0.39 is 0 Å². The van der Waals surface area contributed by atoms with Crippen LogP contribution < -0.4 is 15.1 Å². The van der Waals surface area contributed by atoms with Crippen molar-refractivity contribution in [3.63, 3.8) is 0 Å². The number of ketones is 1. The number of hydrogen-bond donors (Lipinski definition) is 1. The summed E-state index contributed by atoms with van der Waals surface area (Å²) in [5.74, 6) is 1.30. The fraction of sp³-hybridized carbons (Fsp3) is 0.227. The monoisotopic (exact) mass is 391 g/mol. The Balaban J connectivity index is 1.44. The van der Waals surface area contributed by atoms with E-state index in [1.54, 1.807) is 25.1 Å². The summed E-state index contributed by atoms with van der Waals surface area (Å²) in [6.45, 7) is 4.46. The molecule has 0 saturated carbocycles. The van der Waals surface area contributed by atoms with Crippen LogP contribution in [0.15, 0.2) is 60.9 Å². The molecule has 0 atom stereocenters. The Labute approximate surface area is 169 Å². The maximum atomic E-state index is 14.0. The normalized spacial score (nSPS) is 14.0. The number of para-hydroxylation sites is 1. The van der Waals surface area contributed by atoms with E-state index in [9.17, 15) is 9.18 Å². The lowest BCUT2D eigenvalue weighted by molar-refractivity contribution is 0.101. The molecule has 1 N–H and O–H groups in total. The highest BCUT2D eigenvalue weighted by molar-refractivity contribution is 5.95. The molecule has 0 bridgehead atoms. The van der Waals surface area contributed by atoms with E-state index in [2.05, 4.69) is 25.1 Å². The van der Waals surface area contributed by atoms with Crippen LogP contribution in [0.2, 0.25) is 0 Å². The third-order valence-corrected chi connectivity index (χ3v) is 4.99. The molecular formula is C22H22FN5O. The number of aromatic nitrogens is 2. The van der Waals surface area contributed by atoms with E-state index in [1.165, 1.54) is 12.4 Å². The first-order valence-electron chi connectivity index (χ1n) is 9.54. The molecule has 0 aliphatic carbocycles. The number of piperazine rings is 1. The molecule has 6 nitrogen and oxygen atoms in total. The number of anilines is 4. The van der Waals surface area contributed by atoms with Gasteiger partial charge in [0.05, 0.1) is 5.69 Å². The second-order valence-corrected chi connectivity index (χ2v) is 6.95. The molecular weight excluding hydrogens is 369 g/mol. The van der Waals surface area contributed by atoms with Crippen LogP contribution in [-0.4, -0.2) is 41.9 Å². The molecule has 1 saturated heterocycles. The number of Topliss-reactive ketones (excluding diaryl/α,β-unsaturated/α-hetero) is 1. The molecule has 0 spiro atoms. The van der Waals surface area contributed by atoms with Gasteiger partial charge >= 0.3 is 0 Å². The fourth-order valence-corrected chi connectivity index (χ4v) is 3.44. The molecule has 7 heteroatoms. The highest BCUT2D eigenvalue weighted by Gasteiger charge is 2.20. The van der Waals surface area contributed by atoms with Crippen LogP contribution in [0, 0.1) is 5.82 Å². The average Bonchev–Trinajstić information content (AvgIpc) is 2.75. The number of halogens is 1. The predicted molar refractivity (Wildman–Crippen MR) is 113 cm³/mol. The van der Waals surface area contributed by atoms with E-state index in [1.807, 2.05) is 30.3 Å². The van der Waals surface area contributed by atoms with Crippen LogP contribution in [0.3, 0.4) is 0 Å². The molecule has 2 aromatic carbocycles. The zero-order chi connectivity index (χ0) is 20.2. The maximum absolute atomic E-state index is 14.0. The summed E-state index contributed by atoms with van der Waals surface area (Å²) in [5, 5.41) is 3.23. The van der Waals surface area contributed by atoms with Gasteiger partial charge in [-0.15, -0.1) is 0 Å². The summed E-state index contributed by atoms with van der Waals surface area (Å²) >= 11 is 0. The quantitative estimate of drug-likeness (QED) is 0.666. The first-order chi connectivity index (χ1) is 14.1. The van der Waals surface area contributed by atoms with E-state index in [0.717, 1.165) is 24.6 Å². The summed E-state index contributed by atoms with van der Waals surface area (Å²) < 4.78 is 14.0. The molecule has 29 heavy (non-hydrogen) atoms. The number of carbonyl (C=O) groups is 1. The van der Waals surface area contributed by atoms with Crippen molar-refractivity contribution >= 4 is 28.8 Å². The van der Waals surface area contributed by atoms with Crippen LogP contribution in [0.5, 0.6) is 0 Å². The van der Waals surface area contributed by atoms with Gasteiger partial charge in [-0.2, -0.15) is 0 Å². The molecule has 1 aromatic heterocycles. The van der Waals surface area contributed by atoms with Gasteiger partial charge in [-0.1, -0.05) is 24.3 Å². The van der Waals surface area contributed by atoms with E-state index in [0.29, 0.717) is 30.2 Å². The van der Waals surface area contributed by atoms with Crippen LogP contribution in [0.1, 0.15) is 17.3 Å². The van der Waals surface area contributed by atoms with Gasteiger partial charge in [0, 0.05) is 43.5 Å². The third-order valence-electron chi connectivity index (χ3n) is 4.99. The fourth-order valence-electron chi connectivity index (χ4n) is 3.44. The lowest BCUT2D eigenvalue weighted by Gasteiger charge is -2.36. The largest absolute Gasteiger partial charge is 0.366 e. The predicted octanol–water partition coefficient (Wildman–Crippen LogP) is 3.89. The highest BCUT2D eigenvalue weighted by Crippen LogP contribution is 2.24. The van der Waals surface area contributed by atoms with Crippen molar-refractivity contribution in [2.75, 3.05) is 41.3 Å². The maximum Gasteiger partial charge on any atom is 0.159 e. The number of nitrogens with zero attached hydrogens (tertiary/aromatic N) is 4. The first-order valence-corrected chi connectivity index (χ1v) is 9.54. The Hall–Kier alpha value is -3.48. The van der Waals surface area contributed by atoms with E-state index in [-0.39, 0.29) is 11.6 Å². The van der Waals surface area contributed by atoms with Gasteiger partial charge in [0.2, 0.25) is 0 Å². The van der Waals surface area contributed by atoms with E-state index >= 15 is 0 Å². The zero-order valence-corrected chi connectivity index (χ0v) is 16.2. The lowest BCUT2D eigenvalue weighted by atomic mass is 10.1. The van der Waals surface area contributed by atoms with Gasteiger partial charge in [-0.25, -0.2) is 14.4 Å². The Morgan fingerprint density at radius 2 is 1.72 bits per heavy atom. The van der Waals surface area contributed by atoms with Crippen LogP contribution in [0.25, 0.3) is 0 Å². The second kappa shape index (κ2) is 8.26. The molecule has 2 heterocycles. The smallest absolute Gasteiger partial charge is 0.159 e. The zero-order valence-electron chi connectivity index (χ0n) is 16.2. The van der Waals surface area contributed by atoms with Crippen molar-refractivity contribution in [3.05, 3.63) is 72.3 Å². The molecule has 0 radical (unpaired) electrons. The van der Waals surface area contributed by atoms with Crippen molar-refractivity contribution in [3.8, 4) is 0 Å². The van der Waals surface area contributed by atoms with Gasteiger partial charge in [-0.05, 0) is 31.2 Å². The van der Waals surface area contributed by atoms with Crippen LogP contribution >= 0.6 is 0 Å². The Morgan fingerprint density at radius 1 is 0.966 bits per heavy atom. The lowest BCUT2D eigenvalue weighted by Crippen LogP contribution is -2.47. The minimum Gasteiger partial charge on any atom is -0.366 e. The van der Waals surface area contributed by atoms with Crippen molar-refractivity contribution in [1.82, 2.24) is 9.97 Å². The molecule has 4 rings (SSSR count). The van der Waals surface area contributed by atoms with Gasteiger partial charge < -0.3 is 15.1 Å². The molecule has 1 aliphatic rings. The van der Waals surface area contributed by atoms with Gasteiger partial charge in [0.15, 0.2) is 5.78 Å². The number of benzene rings is 2. The summed E-state index contributed by atoms with van der Waals surface area (Å²) in [7, 11) is 0. The van der Waals surface area contributed by atoms with Crippen LogP contribution in [0.4, 0.5) is 27.4 Å². The molecule has 0 amide bonds. The third kappa shape index (κ3) is 4.34. The number of rotatable bonds is 5. The van der Waals surface area contributed by atoms with Crippen molar-refractivity contribution in [2.45, 2.75) is 6.92 Å². The Morgan fingerprint density at radius 3 is 2.48 bits per heavy atom. The van der Waals surface area contributed by atoms with E-state index in [4.69, 9.17) is 0 Å². The summed E-state index contributed by atoms with van der Waals surface area (Å²) in [5.41, 5.74) is 2.09. The minimum absolute atomic E-state index is 0.0183. The van der Waals surface area contributed by atoms with Crippen molar-refractivity contribution < 1.29 is 9.18 Å². The topological polar surface area (TPSA) is 61.4 Å². The van der Waals surface area contributed by atoms with Crippen molar-refractivity contribution in [1.29, 1.82) is 0 Å². The molecule has 1 aliphatic heterocycles. The standard InChI is InChI=1S/C22H22FN5O/c1-16(29)17-5-4-6-18(13-17)26-21-14-22(25-15-24-21)28-11-9-27(10-12-28)20-8-3-2-7-19(20)23/h2-8,13-15H,9-12H2,1H3,(H,24,25,26). The summed E-state index contributed by atoms with van der Waals surface area (Å²) in [6.07, 6.45) is 1.52. The summed E-state index contributed by atoms with van der Waals surface area (Å²) in [6, 6.07) is 16.1. The van der Waals surface area contributed by atoms with Crippen molar-refractivity contribution in [2.24, 2.45) is 0 Å². The molecule has 148 valence electrons. The molecule has 0 unspecified atom stereocenters. The number of hydrogen-bond acceptors (Lipinski definition) is 6. The van der Waals surface area contributed by atoms with Crippen LogP contribution in [-0.2, 0) is 0 Å². The molecule has 3 aromatic rings. The number of nitrogens with one attached hydrogen (secondary N) is 1. The average molecular weight is 391 g/mol. The van der Waals surface area contributed by atoms with Gasteiger partial charge in [-0.3, -0.25) is 4.79 Å². The van der Waals surface area contributed by atoms with Gasteiger partial charge in [0.1, 0.15) is 23.8 Å². The second-order valence-electron chi connectivity index (χ2n) is 6.95.